The maximum atomic E-state index is 12.6. The molecule has 2 heterocycles. The van der Waals surface area contributed by atoms with Crippen molar-refractivity contribution in [3.8, 4) is 11.8 Å². The van der Waals surface area contributed by atoms with E-state index in [4.69, 9.17) is 0 Å². The van der Waals surface area contributed by atoms with Crippen LogP contribution in [0.3, 0.4) is 0 Å². The molecule has 1 amide bonds. The molecular weight excluding hydrogens is 434 g/mol. The average molecular weight is 456 g/mol. The highest BCUT2D eigenvalue weighted by Gasteiger charge is 2.19. The number of sulfone groups is 1. The first kappa shape index (κ1) is 22.4. The maximum Gasteiger partial charge on any atom is 0.268 e. The molecule has 0 saturated heterocycles. The first-order valence-corrected chi connectivity index (χ1v) is 12.0. The molecule has 0 aliphatic heterocycles. The van der Waals surface area contributed by atoms with Gasteiger partial charge in [0.2, 0.25) is 19.3 Å². The van der Waals surface area contributed by atoms with E-state index >= 15 is 0 Å². The monoisotopic (exact) mass is 455 g/mol. The van der Waals surface area contributed by atoms with Crippen molar-refractivity contribution >= 4 is 38.3 Å². The highest BCUT2D eigenvalue weighted by Crippen LogP contribution is 2.26. The number of benzene rings is 1. The fourth-order valence-electron chi connectivity index (χ4n) is 3.16. The molecular formula is C21H21N5O3S2. The lowest BCUT2D eigenvalue weighted by molar-refractivity contribution is -0.112. The molecule has 0 atom stereocenters. The molecule has 0 radical (unpaired) electrons. The Morgan fingerprint density at radius 1 is 1.23 bits per heavy atom. The molecule has 10 heteroatoms. The Labute approximate surface area is 184 Å². The van der Waals surface area contributed by atoms with Crippen LogP contribution >= 0.6 is 11.3 Å². The van der Waals surface area contributed by atoms with Crippen molar-refractivity contribution in [2.75, 3.05) is 11.6 Å². The minimum absolute atomic E-state index is 0.00688. The summed E-state index contributed by atoms with van der Waals surface area (Å²) in [5, 5.41) is 19.2. The zero-order valence-corrected chi connectivity index (χ0v) is 19.3. The molecule has 0 spiro atoms. The van der Waals surface area contributed by atoms with Crippen molar-refractivity contribution in [1.82, 2.24) is 14.8 Å². The molecule has 2 aromatic heterocycles. The quantitative estimate of drug-likeness (QED) is 0.357. The van der Waals surface area contributed by atoms with Crippen LogP contribution in [0.25, 0.3) is 11.8 Å². The van der Waals surface area contributed by atoms with E-state index in [9.17, 15) is 18.5 Å². The van der Waals surface area contributed by atoms with E-state index in [1.165, 1.54) is 11.6 Å². The summed E-state index contributed by atoms with van der Waals surface area (Å²) in [7, 11) is -3.52. The molecule has 0 aliphatic rings. The van der Waals surface area contributed by atoms with Gasteiger partial charge in [-0.3, -0.25) is 10.1 Å². The van der Waals surface area contributed by atoms with E-state index in [2.05, 4.69) is 40.0 Å². The van der Waals surface area contributed by atoms with E-state index in [1.54, 1.807) is 0 Å². The van der Waals surface area contributed by atoms with Crippen LogP contribution in [0.5, 0.6) is 0 Å². The lowest BCUT2D eigenvalue weighted by Gasteiger charge is -2.14. The Morgan fingerprint density at radius 2 is 1.94 bits per heavy atom. The number of hydrogen-bond donors (Lipinski definition) is 1. The standard InChI is InChI=1S/C21H21N5O3S2/c1-12-7-6-8-18(14(12)3)26-13(2)9-16(15(26)4)10-17(11-22)19(27)23-20-24-25-21(30-20)31(5,28)29/h6-10H,1-5H3,(H,23,24,27)/b17-10-. The minimum Gasteiger partial charge on any atom is -0.318 e. The Kier molecular flexibility index (Phi) is 6.10. The number of carbonyl (C=O) groups excluding carboxylic acids is 1. The summed E-state index contributed by atoms with van der Waals surface area (Å²) in [6, 6.07) is 9.89. The SMILES string of the molecule is Cc1cccc(-n2c(C)cc(/C=C(/C#N)C(=O)Nc3nnc(S(C)(=O)=O)s3)c2C)c1C. The van der Waals surface area contributed by atoms with Gasteiger partial charge in [-0.05, 0) is 62.6 Å². The van der Waals surface area contributed by atoms with Gasteiger partial charge in [0.05, 0.1) is 0 Å². The summed E-state index contributed by atoms with van der Waals surface area (Å²) in [5.74, 6) is -0.685. The molecule has 3 rings (SSSR count). The first-order chi connectivity index (χ1) is 14.5. The summed E-state index contributed by atoms with van der Waals surface area (Å²) >= 11 is 0.729. The van der Waals surface area contributed by atoms with Crippen molar-refractivity contribution in [2.45, 2.75) is 32.0 Å². The fraction of sp³-hybridized carbons (Fsp3) is 0.238. The van der Waals surface area contributed by atoms with E-state index in [0.717, 1.165) is 45.8 Å². The van der Waals surface area contributed by atoms with Crippen LogP contribution in [0.4, 0.5) is 5.13 Å². The van der Waals surface area contributed by atoms with Crippen LogP contribution in [0, 0.1) is 39.0 Å². The number of nitriles is 1. The molecule has 31 heavy (non-hydrogen) atoms. The highest BCUT2D eigenvalue weighted by molar-refractivity contribution is 7.92. The van der Waals surface area contributed by atoms with E-state index in [1.807, 2.05) is 38.1 Å². The molecule has 0 bridgehead atoms. The van der Waals surface area contributed by atoms with E-state index < -0.39 is 15.7 Å². The Bertz CT molecular complexity index is 1360. The van der Waals surface area contributed by atoms with E-state index in [0.29, 0.717) is 0 Å². The van der Waals surface area contributed by atoms with Crippen molar-refractivity contribution in [2.24, 2.45) is 0 Å². The number of nitrogens with one attached hydrogen (secondary N) is 1. The second kappa shape index (κ2) is 8.45. The smallest absolute Gasteiger partial charge is 0.268 e. The van der Waals surface area contributed by atoms with Crippen molar-refractivity contribution < 1.29 is 13.2 Å². The normalized spacial score (nSPS) is 11.9. The largest absolute Gasteiger partial charge is 0.318 e. The van der Waals surface area contributed by atoms with Gasteiger partial charge in [0.25, 0.3) is 5.91 Å². The maximum absolute atomic E-state index is 12.6. The van der Waals surface area contributed by atoms with Crippen molar-refractivity contribution in [1.29, 1.82) is 5.26 Å². The van der Waals surface area contributed by atoms with Crippen LogP contribution in [-0.2, 0) is 14.6 Å². The summed E-state index contributed by atoms with van der Waals surface area (Å²) in [5.41, 5.74) is 5.83. The fourth-order valence-corrected chi connectivity index (χ4v) is 4.66. The second-order valence-electron chi connectivity index (χ2n) is 7.15. The summed E-state index contributed by atoms with van der Waals surface area (Å²) in [4.78, 5) is 12.6. The zero-order valence-electron chi connectivity index (χ0n) is 17.7. The molecule has 0 unspecified atom stereocenters. The summed E-state index contributed by atoms with van der Waals surface area (Å²) < 4.78 is 24.9. The third kappa shape index (κ3) is 4.57. The predicted octanol–water partition coefficient (Wildman–Crippen LogP) is 3.51. The third-order valence-electron chi connectivity index (χ3n) is 4.90. The molecule has 8 nitrogen and oxygen atoms in total. The highest BCUT2D eigenvalue weighted by atomic mass is 32.2. The molecule has 1 N–H and O–H groups in total. The lowest BCUT2D eigenvalue weighted by atomic mass is 10.1. The number of aromatic nitrogens is 3. The molecule has 0 aliphatic carbocycles. The van der Waals surface area contributed by atoms with Gasteiger partial charge in [0.15, 0.2) is 0 Å². The number of amides is 1. The Hall–Kier alpha value is -3.29. The van der Waals surface area contributed by atoms with Crippen LogP contribution < -0.4 is 5.32 Å². The summed E-state index contributed by atoms with van der Waals surface area (Å²) in [6.07, 6.45) is 2.52. The first-order valence-electron chi connectivity index (χ1n) is 9.25. The van der Waals surface area contributed by atoms with Gasteiger partial charge in [0.1, 0.15) is 11.6 Å². The average Bonchev–Trinajstić information content (AvgIpc) is 3.27. The Morgan fingerprint density at radius 3 is 2.55 bits per heavy atom. The van der Waals surface area contributed by atoms with Crippen LogP contribution in [0.2, 0.25) is 0 Å². The van der Waals surface area contributed by atoms with Crippen molar-refractivity contribution in [3.63, 3.8) is 0 Å². The number of rotatable bonds is 5. The molecule has 3 aromatic rings. The van der Waals surface area contributed by atoms with Crippen LogP contribution in [-0.4, -0.2) is 35.3 Å². The number of carbonyl (C=O) groups is 1. The van der Waals surface area contributed by atoms with Crippen molar-refractivity contribution in [3.05, 3.63) is 57.9 Å². The van der Waals surface area contributed by atoms with E-state index in [-0.39, 0.29) is 15.0 Å². The van der Waals surface area contributed by atoms with Gasteiger partial charge in [-0.1, -0.05) is 23.5 Å². The van der Waals surface area contributed by atoms with Gasteiger partial charge in [-0.2, -0.15) is 5.26 Å². The third-order valence-corrected chi connectivity index (χ3v) is 7.40. The van der Waals surface area contributed by atoms with Gasteiger partial charge in [0, 0.05) is 23.3 Å². The predicted molar refractivity (Wildman–Crippen MR) is 120 cm³/mol. The zero-order chi connectivity index (χ0) is 22.9. The molecule has 0 fully saturated rings. The van der Waals surface area contributed by atoms with Crippen LogP contribution in [0.15, 0.2) is 34.2 Å². The molecule has 1 aromatic carbocycles. The summed E-state index contributed by atoms with van der Waals surface area (Å²) in [6.45, 7) is 8.00. The minimum atomic E-state index is -3.52. The second-order valence-corrected chi connectivity index (χ2v) is 10.3. The number of anilines is 1. The van der Waals surface area contributed by atoms with Crippen LogP contribution in [0.1, 0.15) is 28.1 Å². The number of aryl methyl sites for hydroxylation is 2. The van der Waals surface area contributed by atoms with Gasteiger partial charge < -0.3 is 4.57 Å². The van der Waals surface area contributed by atoms with Gasteiger partial charge in [-0.15, -0.1) is 10.2 Å². The molecule has 160 valence electrons. The number of hydrogen-bond acceptors (Lipinski definition) is 7. The number of nitrogens with zero attached hydrogens (tertiary/aromatic N) is 4. The van der Waals surface area contributed by atoms with Gasteiger partial charge in [-0.25, -0.2) is 8.42 Å². The topological polar surface area (TPSA) is 118 Å². The molecule has 0 saturated carbocycles. The Balaban J connectivity index is 1.94. The van der Waals surface area contributed by atoms with Gasteiger partial charge >= 0.3 is 0 Å². The lowest BCUT2D eigenvalue weighted by Crippen LogP contribution is -2.13.